The first-order valence-electron chi connectivity index (χ1n) is 8.79. The Morgan fingerprint density at radius 2 is 1.97 bits per heavy atom. The summed E-state index contributed by atoms with van der Waals surface area (Å²) in [5.41, 5.74) is 6.04. The fraction of sp³-hybridized carbons (Fsp3) is 0.529. The standard InChI is InChI=1S/C17H24N5O6P/c1-17(2,3)13(23)15-20-14(18)12-16(21-15)22(8-19-12)10-6-7-11(28-10)27-9-29(24,25-4)26-5/h6-8,10-11H,9H2,1-5H3,(H2,18,20,21). The molecule has 3 rings (SSSR count). The number of ether oxygens (including phenoxy) is 2. The molecule has 2 aromatic heterocycles. The van der Waals surface area contributed by atoms with Gasteiger partial charge in [-0.15, -0.1) is 0 Å². The molecule has 1 aliphatic rings. The molecule has 0 aromatic carbocycles. The average molecular weight is 425 g/mol. The molecule has 0 spiro atoms. The molecule has 0 fully saturated rings. The van der Waals surface area contributed by atoms with Crippen molar-refractivity contribution in [3.8, 4) is 0 Å². The molecule has 12 heteroatoms. The third-order valence-corrected chi connectivity index (χ3v) is 5.84. The van der Waals surface area contributed by atoms with Crippen molar-refractivity contribution in [1.29, 1.82) is 0 Å². The number of nitrogens with zero attached hydrogens (tertiary/aromatic N) is 4. The zero-order valence-electron chi connectivity index (χ0n) is 16.9. The zero-order chi connectivity index (χ0) is 21.4. The minimum atomic E-state index is -3.32. The number of rotatable bonds is 7. The van der Waals surface area contributed by atoms with Crippen LogP contribution in [0.5, 0.6) is 0 Å². The van der Waals surface area contributed by atoms with Crippen molar-refractivity contribution in [1.82, 2.24) is 19.5 Å². The molecule has 0 saturated carbocycles. The van der Waals surface area contributed by atoms with Gasteiger partial charge in [-0.1, -0.05) is 20.8 Å². The maximum atomic E-state index is 12.6. The molecule has 158 valence electrons. The average Bonchev–Trinajstić information content (AvgIpc) is 3.31. The Bertz CT molecular complexity index is 990. The van der Waals surface area contributed by atoms with Gasteiger partial charge in [0.25, 0.3) is 0 Å². The zero-order valence-corrected chi connectivity index (χ0v) is 17.8. The minimum absolute atomic E-state index is 0.0140. The van der Waals surface area contributed by atoms with E-state index in [1.807, 2.05) is 0 Å². The van der Waals surface area contributed by atoms with Crippen LogP contribution in [0.25, 0.3) is 11.2 Å². The Morgan fingerprint density at radius 1 is 1.28 bits per heavy atom. The topological polar surface area (TPSA) is 141 Å². The first kappa shape index (κ1) is 21.5. The van der Waals surface area contributed by atoms with E-state index >= 15 is 0 Å². The normalized spacial score (nSPS) is 19.9. The third kappa shape index (κ3) is 4.39. The van der Waals surface area contributed by atoms with Gasteiger partial charge in [0.15, 0.2) is 30.3 Å². The van der Waals surface area contributed by atoms with Crippen LogP contribution in [0.2, 0.25) is 0 Å². The molecular weight excluding hydrogens is 401 g/mol. The van der Waals surface area contributed by atoms with Crippen molar-refractivity contribution in [2.75, 3.05) is 26.3 Å². The van der Waals surface area contributed by atoms with Gasteiger partial charge in [0.2, 0.25) is 11.6 Å². The lowest BCUT2D eigenvalue weighted by Crippen LogP contribution is -2.23. The molecule has 3 heterocycles. The van der Waals surface area contributed by atoms with Crippen LogP contribution in [-0.2, 0) is 23.1 Å². The second-order valence-corrected chi connectivity index (χ2v) is 9.60. The Balaban J connectivity index is 1.82. The molecule has 0 amide bonds. The van der Waals surface area contributed by atoms with Gasteiger partial charge in [-0.3, -0.25) is 13.9 Å². The number of aromatic nitrogens is 4. The molecular formula is C17H24N5O6P. The monoisotopic (exact) mass is 425 g/mol. The maximum absolute atomic E-state index is 12.6. The van der Waals surface area contributed by atoms with Gasteiger partial charge in [0.1, 0.15) is 5.52 Å². The second-order valence-electron chi connectivity index (χ2n) is 7.39. The Hall–Kier alpha value is -2.17. The molecule has 2 aromatic rings. The lowest BCUT2D eigenvalue weighted by Gasteiger charge is -2.19. The van der Waals surface area contributed by atoms with Crippen molar-refractivity contribution in [3.05, 3.63) is 24.3 Å². The van der Waals surface area contributed by atoms with Crippen molar-refractivity contribution in [3.63, 3.8) is 0 Å². The summed E-state index contributed by atoms with van der Waals surface area (Å²) < 4.78 is 34.6. The third-order valence-electron chi connectivity index (χ3n) is 4.27. The quantitative estimate of drug-likeness (QED) is 0.399. The molecule has 0 saturated heterocycles. The van der Waals surface area contributed by atoms with Gasteiger partial charge in [-0.25, -0.2) is 15.0 Å². The van der Waals surface area contributed by atoms with Gasteiger partial charge < -0.3 is 24.3 Å². The SMILES string of the molecule is COP(=O)(COC1C=CC(n2cnc3c(N)nc(C(=O)C(C)(C)C)nc32)O1)OC. The predicted molar refractivity (Wildman–Crippen MR) is 104 cm³/mol. The van der Waals surface area contributed by atoms with Crippen LogP contribution in [0.15, 0.2) is 18.5 Å². The van der Waals surface area contributed by atoms with Crippen molar-refractivity contribution < 1.29 is 27.9 Å². The maximum Gasteiger partial charge on any atom is 0.355 e. The van der Waals surface area contributed by atoms with Gasteiger partial charge in [0, 0.05) is 19.6 Å². The van der Waals surface area contributed by atoms with Crippen LogP contribution in [0.1, 0.15) is 37.6 Å². The number of imidazole rings is 1. The largest absolute Gasteiger partial charge is 0.382 e. The molecule has 2 N–H and O–H groups in total. The van der Waals surface area contributed by atoms with Crippen LogP contribution < -0.4 is 5.73 Å². The van der Waals surface area contributed by atoms with Crippen molar-refractivity contribution in [2.45, 2.75) is 33.3 Å². The summed E-state index contributed by atoms with van der Waals surface area (Å²) in [6.07, 6.45) is 3.21. The fourth-order valence-electron chi connectivity index (χ4n) is 2.57. The second kappa shape index (κ2) is 7.92. The van der Waals surface area contributed by atoms with E-state index in [-0.39, 0.29) is 23.8 Å². The summed E-state index contributed by atoms with van der Waals surface area (Å²) in [5.74, 6) is -0.116. The molecule has 0 aliphatic carbocycles. The van der Waals surface area contributed by atoms with Crippen LogP contribution in [0, 0.1) is 5.41 Å². The summed E-state index contributed by atoms with van der Waals surface area (Å²) in [5, 5.41) is 0. The molecule has 2 unspecified atom stereocenters. The molecule has 2 atom stereocenters. The Labute approximate surface area is 167 Å². The van der Waals surface area contributed by atoms with E-state index in [1.165, 1.54) is 20.5 Å². The molecule has 29 heavy (non-hydrogen) atoms. The lowest BCUT2D eigenvalue weighted by atomic mass is 9.90. The highest BCUT2D eigenvalue weighted by molar-refractivity contribution is 7.53. The number of Topliss-reactive ketones (excluding diaryl/α,β-unsaturated/α-hetero) is 1. The first-order chi connectivity index (χ1) is 13.6. The number of ketones is 1. The van der Waals surface area contributed by atoms with E-state index in [9.17, 15) is 9.36 Å². The summed E-state index contributed by atoms with van der Waals surface area (Å²) in [6, 6.07) is 0. The van der Waals surface area contributed by atoms with Crippen LogP contribution in [0.3, 0.4) is 0 Å². The molecule has 11 nitrogen and oxygen atoms in total. The summed E-state index contributed by atoms with van der Waals surface area (Å²) >= 11 is 0. The Morgan fingerprint density at radius 3 is 2.59 bits per heavy atom. The van der Waals surface area contributed by atoms with E-state index in [4.69, 9.17) is 24.3 Å². The number of fused-ring (bicyclic) bond motifs is 1. The first-order valence-corrected chi connectivity index (χ1v) is 10.5. The number of carbonyl (C=O) groups is 1. The number of carbonyl (C=O) groups excluding carboxylic acids is 1. The van der Waals surface area contributed by atoms with Gasteiger partial charge in [-0.2, -0.15) is 0 Å². The van der Waals surface area contributed by atoms with E-state index in [1.54, 1.807) is 37.5 Å². The van der Waals surface area contributed by atoms with Gasteiger partial charge >= 0.3 is 7.60 Å². The van der Waals surface area contributed by atoms with Crippen molar-refractivity contribution in [2.24, 2.45) is 5.41 Å². The predicted octanol–water partition coefficient (Wildman–Crippen LogP) is 2.51. The molecule has 0 radical (unpaired) electrons. The Kier molecular flexibility index (Phi) is 5.88. The number of hydrogen-bond donors (Lipinski definition) is 1. The minimum Gasteiger partial charge on any atom is -0.382 e. The van der Waals surface area contributed by atoms with Gasteiger partial charge in [-0.05, 0) is 12.2 Å². The van der Waals surface area contributed by atoms with Crippen LogP contribution in [-0.4, -0.2) is 52.2 Å². The summed E-state index contributed by atoms with van der Waals surface area (Å²) in [6.45, 7) is 5.33. The fourth-order valence-corrected chi connectivity index (χ4v) is 3.26. The van der Waals surface area contributed by atoms with Gasteiger partial charge in [0.05, 0.1) is 6.33 Å². The van der Waals surface area contributed by atoms with E-state index in [0.29, 0.717) is 11.2 Å². The van der Waals surface area contributed by atoms with E-state index in [0.717, 1.165) is 0 Å². The summed E-state index contributed by atoms with van der Waals surface area (Å²) in [4.78, 5) is 25.3. The van der Waals surface area contributed by atoms with E-state index < -0.39 is 25.5 Å². The number of anilines is 1. The molecule has 1 aliphatic heterocycles. The van der Waals surface area contributed by atoms with Crippen LogP contribution >= 0.6 is 7.60 Å². The number of nitrogens with two attached hydrogens (primary N) is 1. The smallest absolute Gasteiger partial charge is 0.355 e. The van der Waals surface area contributed by atoms with Crippen molar-refractivity contribution >= 4 is 30.4 Å². The summed E-state index contributed by atoms with van der Waals surface area (Å²) in [7, 11) is -0.767. The molecule has 0 bridgehead atoms. The number of hydrogen-bond acceptors (Lipinski definition) is 10. The lowest BCUT2D eigenvalue weighted by molar-refractivity contribution is -0.126. The highest BCUT2D eigenvalue weighted by Gasteiger charge is 2.30. The number of nitrogen functional groups attached to an aromatic ring is 1. The highest BCUT2D eigenvalue weighted by Crippen LogP contribution is 2.46. The van der Waals surface area contributed by atoms with E-state index in [2.05, 4.69) is 15.0 Å². The van der Waals surface area contributed by atoms with Crippen LogP contribution in [0.4, 0.5) is 5.82 Å². The highest BCUT2D eigenvalue weighted by atomic mass is 31.2.